The van der Waals surface area contributed by atoms with Gasteiger partial charge in [0.1, 0.15) is 0 Å². The molecule has 0 spiro atoms. The van der Waals surface area contributed by atoms with E-state index < -0.39 is 11.9 Å². The van der Waals surface area contributed by atoms with Gasteiger partial charge in [-0.2, -0.15) is 0 Å². The molecule has 7 nitrogen and oxygen atoms in total. The largest absolute Gasteiger partial charge is 0.492 e. The average molecular weight is 564 g/mol. The molecule has 37 heavy (non-hydrogen) atoms. The fourth-order valence-corrected chi connectivity index (χ4v) is 4.77. The Morgan fingerprint density at radius 2 is 1.92 bits per heavy atom. The molecule has 196 valence electrons. The van der Waals surface area contributed by atoms with E-state index in [0.717, 1.165) is 18.4 Å². The lowest BCUT2D eigenvalue weighted by molar-refractivity contribution is -0.132. The third kappa shape index (κ3) is 7.47. The monoisotopic (exact) mass is 562 g/mol. The normalized spacial score (nSPS) is 11.5. The van der Waals surface area contributed by atoms with Crippen molar-refractivity contribution in [2.45, 2.75) is 33.6 Å². The number of carbonyl (C=O) groups is 2. The lowest BCUT2D eigenvalue weighted by Gasteiger charge is -2.14. The molecule has 1 amide bonds. The number of thiazole rings is 1. The summed E-state index contributed by atoms with van der Waals surface area (Å²) in [6.07, 6.45) is 3.38. The molecule has 3 aromatic rings. The van der Waals surface area contributed by atoms with E-state index in [0.29, 0.717) is 40.4 Å². The van der Waals surface area contributed by atoms with Crippen molar-refractivity contribution in [2.24, 2.45) is 5.92 Å². The topological polar surface area (TPSA) is 97.8 Å². The number of para-hydroxylation sites is 1. The highest BCUT2D eigenvalue weighted by Crippen LogP contribution is 2.39. The first kappa shape index (κ1) is 28.5. The number of rotatable bonds is 11. The van der Waals surface area contributed by atoms with Crippen LogP contribution >= 0.6 is 34.5 Å². The number of aromatic nitrogens is 1. The number of nitrogens with one attached hydrogen (secondary N) is 1. The standard InChI is InChI=1S/C27H28Cl2N2O5S/c1-15(2)7-6-10-36-23-9-5-8-18(24(23)35-4)22-14-37-27(30-22)31-25(32)17-12-20(28)19(21(29)13-17)11-16(3)26(33)34/h5,8-9,11-15H,6-7,10H2,1-4H3,(H,33,34)(H,30,31,32)/b16-11+. The predicted octanol–water partition coefficient (Wildman–Crippen LogP) is 7.68. The molecule has 0 aliphatic heterocycles. The van der Waals surface area contributed by atoms with E-state index in [1.54, 1.807) is 7.11 Å². The minimum Gasteiger partial charge on any atom is -0.492 e. The van der Waals surface area contributed by atoms with Crippen molar-refractivity contribution in [3.8, 4) is 22.8 Å². The highest BCUT2D eigenvalue weighted by atomic mass is 35.5. The summed E-state index contributed by atoms with van der Waals surface area (Å²) < 4.78 is 11.6. The molecule has 10 heteroatoms. The number of ether oxygens (including phenoxy) is 2. The second kappa shape index (κ2) is 12.9. The van der Waals surface area contributed by atoms with Crippen LogP contribution in [0.15, 0.2) is 41.3 Å². The maximum Gasteiger partial charge on any atom is 0.331 e. The maximum atomic E-state index is 12.9. The van der Waals surface area contributed by atoms with Crippen LogP contribution in [0.25, 0.3) is 17.3 Å². The minimum absolute atomic E-state index is 0.0665. The number of carboxylic acid groups (broad SMARTS) is 1. The number of hydrogen-bond donors (Lipinski definition) is 2. The number of amides is 1. The van der Waals surface area contributed by atoms with Crippen LogP contribution in [-0.4, -0.2) is 35.7 Å². The van der Waals surface area contributed by atoms with Crippen LogP contribution in [0, 0.1) is 5.92 Å². The summed E-state index contributed by atoms with van der Waals surface area (Å²) in [5.74, 6) is 0.286. The number of carbonyl (C=O) groups excluding carboxylic acids is 1. The molecule has 3 rings (SSSR count). The van der Waals surface area contributed by atoms with Crippen LogP contribution in [0.4, 0.5) is 5.13 Å². The molecule has 0 saturated carbocycles. The first-order chi connectivity index (χ1) is 17.6. The van der Waals surface area contributed by atoms with E-state index in [2.05, 4.69) is 24.1 Å². The molecule has 0 atom stereocenters. The minimum atomic E-state index is -1.09. The summed E-state index contributed by atoms with van der Waals surface area (Å²) in [6, 6.07) is 8.48. The number of aliphatic carboxylic acids is 1. The van der Waals surface area contributed by atoms with Gasteiger partial charge in [-0.25, -0.2) is 9.78 Å². The van der Waals surface area contributed by atoms with Crippen LogP contribution in [0.3, 0.4) is 0 Å². The summed E-state index contributed by atoms with van der Waals surface area (Å²) in [7, 11) is 1.58. The fourth-order valence-electron chi connectivity index (χ4n) is 3.47. The van der Waals surface area contributed by atoms with E-state index in [1.165, 1.54) is 36.5 Å². The first-order valence-corrected chi connectivity index (χ1v) is 13.2. The molecule has 0 radical (unpaired) electrons. The number of anilines is 1. The van der Waals surface area contributed by atoms with Crippen molar-refractivity contribution >= 4 is 57.6 Å². The quantitative estimate of drug-likeness (QED) is 0.183. The van der Waals surface area contributed by atoms with Crippen LogP contribution in [0.5, 0.6) is 11.5 Å². The Labute approximate surface area is 230 Å². The van der Waals surface area contributed by atoms with E-state index in [-0.39, 0.29) is 21.2 Å². The molecule has 2 N–H and O–H groups in total. The lowest BCUT2D eigenvalue weighted by atomic mass is 10.1. The molecular weight excluding hydrogens is 535 g/mol. The fraction of sp³-hybridized carbons (Fsp3) is 0.296. The van der Waals surface area contributed by atoms with Gasteiger partial charge in [-0.15, -0.1) is 11.3 Å². The Bertz CT molecular complexity index is 1300. The van der Waals surface area contributed by atoms with Gasteiger partial charge in [-0.05, 0) is 56.0 Å². The van der Waals surface area contributed by atoms with Gasteiger partial charge in [-0.3, -0.25) is 10.1 Å². The van der Waals surface area contributed by atoms with Crippen molar-refractivity contribution in [3.05, 3.63) is 62.5 Å². The van der Waals surface area contributed by atoms with Crippen molar-refractivity contribution in [1.29, 1.82) is 0 Å². The van der Waals surface area contributed by atoms with Gasteiger partial charge >= 0.3 is 5.97 Å². The van der Waals surface area contributed by atoms with Gasteiger partial charge in [-0.1, -0.05) is 43.1 Å². The van der Waals surface area contributed by atoms with Crippen molar-refractivity contribution < 1.29 is 24.2 Å². The molecule has 0 bridgehead atoms. The second-order valence-electron chi connectivity index (χ2n) is 8.70. The number of nitrogens with zero attached hydrogens (tertiary/aromatic N) is 1. The molecule has 0 unspecified atom stereocenters. The number of methoxy groups -OCH3 is 1. The molecule has 0 fully saturated rings. The molecule has 0 aliphatic carbocycles. The third-order valence-electron chi connectivity index (χ3n) is 5.41. The van der Waals surface area contributed by atoms with Gasteiger partial charge in [0.25, 0.3) is 5.91 Å². The van der Waals surface area contributed by atoms with Crippen LogP contribution < -0.4 is 14.8 Å². The second-order valence-corrected chi connectivity index (χ2v) is 10.4. The molecule has 1 heterocycles. The highest BCUT2D eigenvalue weighted by Gasteiger charge is 2.18. The van der Waals surface area contributed by atoms with Crippen LogP contribution in [0.1, 0.15) is 49.5 Å². The van der Waals surface area contributed by atoms with E-state index in [9.17, 15) is 9.59 Å². The highest BCUT2D eigenvalue weighted by molar-refractivity contribution is 7.14. The van der Waals surface area contributed by atoms with Crippen LogP contribution in [0.2, 0.25) is 10.0 Å². The Kier molecular flexibility index (Phi) is 9.97. The van der Waals surface area contributed by atoms with E-state index >= 15 is 0 Å². The maximum absolute atomic E-state index is 12.9. The smallest absolute Gasteiger partial charge is 0.331 e. The molecule has 0 aliphatic rings. The number of benzene rings is 2. The van der Waals surface area contributed by atoms with E-state index in [4.69, 9.17) is 37.8 Å². The lowest BCUT2D eigenvalue weighted by Crippen LogP contribution is -2.12. The zero-order valence-corrected chi connectivity index (χ0v) is 23.3. The number of hydrogen-bond acceptors (Lipinski definition) is 6. The summed E-state index contributed by atoms with van der Waals surface area (Å²) in [5, 5.41) is 14.4. The Hall–Kier alpha value is -3.07. The summed E-state index contributed by atoms with van der Waals surface area (Å²) >= 11 is 13.8. The summed E-state index contributed by atoms with van der Waals surface area (Å²) in [6.45, 7) is 6.38. The van der Waals surface area contributed by atoms with Gasteiger partial charge in [0.05, 0.1) is 29.5 Å². The zero-order valence-electron chi connectivity index (χ0n) is 20.9. The van der Waals surface area contributed by atoms with Crippen molar-refractivity contribution in [3.63, 3.8) is 0 Å². The van der Waals surface area contributed by atoms with Crippen molar-refractivity contribution in [2.75, 3.05) is 19.0 Å². The van der Waals surface area contributed by atoms with Gasteiger partial charge in [0.15, 0.2) is 16.6 Å². The van der Waals surface area contributed by atoms with E-state index in [1.807, 2.05) is 23.6 Å². The number of carboxylic acids is 1. The summed E-state index contributed by atoms with van der Waals surface area (Å²) in [4.78, 5) is 28.5. The van der Waals surface area contributed by atoms with Gasteiger partial charge in [0.2, 0.25) is 0 Å². The van der Waals surface area contributed by atoms with Gasteiger partial charge in [0, 0.05) is 27.6 Å². The average Bonchev–Trinajstić information content (AvgIpc) is 3.31. The summed E-state index contributed by atoms with van der Waals surface area (Å²) in [5.41, 5.74) is 1.99. The molecular formula is C27H28Cl2N2O5S. The molecule has 2 aromatic carbocycles. The molecule has 0 saturated heterocycles. The number of halogens is 2. The SMILES string of the molecule is COc1c(OCCCC(C)C)cccc1-c1csc(NC(=O)c2cc(Cl)c(/C=C(\C)C(=O)O)c(Cl)c2)n1. The first-order valence-electron chi connectivity index (χ1n) is 11.6. The third-order valence-corrected chi connectivity index (χ3v) is 6.79. The molecule has 1 aromatic heterocycles. The Morgan fingerprint density at radius 1 is 1.22 bits per heavy atom. The van der Waals surface area contributed by atoms with Crippen LogP contribution in [-0.2, 0) is 4.79 Å². The zero-order chi connectivity index (χ0) is 27.1. The predicted molar refractivity (Wildman–Crippen MR) is 149 cm³/mol. The Morgan fingerprint density at radius 3 is 2.54 bits per heavy atom. The van der Waals surface area contributed by atoms with Crippen molar-refractivity contribution in [1.82, 2.24) is 4.98 Å². The van der Waals surface area contributed by atoms with Gasteiger partial charge < -0.3 is 14.6 Å². The Balaban J connectivity index is 1.77.